The molecular weight excluding hydrogens is 454 g/mol. The van der Waals surface area contributed by atoms with E-state index in [4.69, 9.17) is 4.74 Å². The van der Waals surface area contributed by atoms with Crippen LogP contribution in [0.1, 0.15) is 43.4 Å². The van der Waals surface area contributed by atoms with E-state index in [9.17, 15) is 22.0 Å². The van der Waals surface area contributed by atoms with Gasteiger partial charge in [0.25, 0.3) is 0 Å². The topological polar surface area (TPSA) is 84.9 Å². The van der Waals surface area contributed by atoms with Crippen LogP contribution in [0.4, 0.5) is 13.6 Å². The molecule has 0 spiro atoms. The maximum Gasteiger partial charge on any atom is 0.411 e. The van der Waals surface area contributed by atoms with Crippen LogP contribution in [0, 0.1) is 0 Å². The lowest BCUT2D eigenvalue weighted by molar-refractivity contribution is -0.0662. The molecule has 1 heterocycles. The number of hydrogen-bond acceptors (Lipinski definition) is 5. The number of nitrogens with zero attached hydrogens (tertiary/aromatic N) is 1. The summed E-state index contributed by atoms with van der Waals surface area (Å²) in [6.45, 7) is -0.387. The van der Waals surface area contributed by atoms with Gasteiger partial charge in [-0.25, -0.2) is 17.9 Å². The molecule has 2 atom stereocenters. The molecule has 0 aromatic heterocycles. The average molecular weight is 483 g/mol. The van der Waals surface area contributed by atoms with Crippen molar-refractivity contribution >= 4 is 16.1 Å². The zero-order valence-corrected chi connectivity index (χ0v) is 19.4. The standard InChI is InChI=1S/C23H28F2N2O5S/c1-17(18-9-11-20(12-10-18)31-21(24)25)27-16-14-23(32-22(27)28,19-7-4-3-5-8-19)13-6-15-26-33(2,29)30/h3-5,7-12,17,21,26H,6,13-16H2,1-2H3/t17-,23-/m0/s1. The maximum absolute atomic E-state index is 13.1. The molecule has 7 nitrogen and oxygen atoms in total. The van der Waals surface area contributed by atoms with E-state index >= 15 is 0 Å². The van der Waals surface area contributed by atoms with Gasteiger partial charge in [0.1, 0.15) is 11.4 Å². The highest BCUT2D eigenvalue weighted by Gasteiger charge is 2.43. The number of cyclic esters (lactones) is 1. The highest BCUT2D eigenvalue weighted by Crippen LogP contribution is 2.40. The van der Waals surface area contributed by atoms with Crippen LogP contribution in [-0.4, -0.2) is 45.4 Å². The van der Waals surface area contributed by atoms with Crippen molar-refractivity contribution in [2.75, 3.05) is 19.3 Å². The predicted molar refractivity (Wildman–Crippen MR) is 119 cm³/mol. The maximum atomic E-state index is 13.1. The van der Waals surface area contributed by atoms with Crippen molar-refractivity contribution in [1.29, 1.82) is 0 Å². The normalized spacial score (nSPS) is 19.9. The van der Waals surface area contributed by atoms with Gasteiger partial charge in [-0.05, 0) is 43.0 Å². The number of carbonyl (C=O) groups is 1. The highest BCUT2D eigenvalue weighted by molar-refractivity contribution is 7.88. The average Bonchev–Trinajstić information content (AvgIpc) is 2.76. The second kappa shape index (κ2) is 10.5. The summed E-state index contributed by atoms with van der Waals surface area (Å²) in [5.74, 6) is 0.0490. The van der Waals surface area contributed by atoms with E-state index in [1.807, 2.05) is 37.3 Å². The molecular formula is C23H28F2N2O5S. The predicted octanol–water partition coefficient (Wildman–Crippen LogP) is 4.42. The van der Waals surface area contributed by atoms with Crippen molar-refractivity contribution in [1.82, 2.24) is 9.62 Å². The fourth-order valence-electron chi connectivity index (χ4n) is 4.03. The molecule has 180 valence electrons. The number of benzene rings is 2. The number of hydrogen-bond donors (Lipinski definition) is 1. The molecule has 0 radical (unpaired) electrons. The van der Waals surface area contributed by atoms with E-state index in [1.165, 1.54) is 12.1 Å². The summed E-state index contributed by atoms with van der Waals surface area (Å²) in [6, 6.07) is 15.3. The van der Waals surface area contributed by atoms with Gasteiger partial charge >= 0.3 is 12.7 Å². The lowest BCUT2D eigenvalue weighted by Crippen LogP contribution is -2.49. The first-order valence-electron chi connectivity index (χ1n) is 10.6. The van der Waals surface area contributed by atoms with Gasteiger partial charge in [-0.15, -0.1) is 0 Å². The van der Waals surface area contributed by atoms with Gasteiger partial charge in [-0.3, -0.25) is 0 Å². The van der Waals surface area contributed by atoms with Crippen molar-refractivity contribution in [3.8, 4) is 5.75 Å². The van der Waals surface area contributed by atoms with Gasteiger partial charge in [0.2, 0.25) is 10.0 Å². The Morgan fingerprint density at radius 3 is 2.39 bits per heavy atom. The first kappa shape index (κ1) is 24.9. The van der Waals surface area contributed by atoms with Gasteiger partial charge in [0.05, 0.1) is 12.3 Å². The SMILES string of the molecule is C[C@@H](c1ccc(OC(F)F)cc1)N1CC[C@@](CCCNS(C)(=O)=O)(c2ccccc2)OC1=O. The Morgan fingerprint density at radius 1 is 1.15 bits per heavy atom. The second-order valence-electron chi connectivity index (χ2n) is 8.07. The molecule has 1 saturated heterocycles. The molecule has 1 fully saturated rings. The van der Waals surface area contributed by atoms with Gasteiger partial charge in [0, 0.05) is 19.5 Å². The molecule has 2 aromatic rings. The third-order valence-corrected chi connectivity index (χ3v) is 6.48. The number of halogens is 2. The fraction of sp³-hybridized carbons (Fsp3) is 0.435. The number of rotatable bonds is 10. The summed E-state index contributed by atoms with van der Waals surface area (Å²) >= 11 is 0. The number of sulfonamides is 1. The van der Waals surface area contributed by atoms with E-state index < -0.39 is 28.3 Å². The van der Waals surface area contributed by atoms with Crippen LogP contribution < -0.4 is 9.46 Å². The molecule has 2 aromatic carbocycles. The molecule has 1 N–H and O–H groups in total. The van der Waals surface area contributed by atoms with Crippen molar-refractivity contribution in [3.05, 3.63) is 65.7 Å². The minimum Gasteiger partial charge on any atom is -0.438 e. The van der Waals surface area contributed by atoms with E-state index in [-0.39, 0.29) is 18.3 Å². The summed E-state index contributed by atoms with van der Waals surface area (Å²) in [5.41, 5.74) is 0.763. The Bertz CT molecular complexity index is 1030. The van der Waals surface area contributed by atoms with E-state index in [2.05, 4.69) is 9.46 Å². The molecule has 0 aliphatic carbocycles. The van der Waals surface area contributed by atoms with E-state index in [0.717, 1.165) is 17.4 Å². The van der Waals surface area contributed by atoms with Crippen LogP contribution in [0.5, 0.6) is 5.75 Å². The summed E-state index contributed by atoms with van der Waals surface area (Å²) in [4.78, 5) is 14.7. The molecule has 10 heteroatoms. The summed E-state index contributed by atoms with van der Waals surface area (Å²) in [6.07, 6.45) is 2.11. The van der Waals surface area contributed by atoms with Crippen LogP contribution in [0.2, 0.25) is 0 Å². The highest BCUT2D eigenvalue weighted by atomic mass is 32.2. The quantitative estimate of drug-likeness (QED) is 0.507. The monoisotopic (exact) mass is 482 g/mol. The Labute approximate surface area is 192 Å². The fourth-order valence-corrected chi connectivity index (χ4v) is 4.54. The molecule has 1 amide bonds. The van der Waals surface area contributed by atoms with Crippen molar-refractivity contribution in [2.45, 2.75) is 44.4 Å². The van der Waals surface area contributed by atoms with E-state index in [0.29, 0.717) is 25.8 Å². The van der Waals surface area contributed by atoms with Gasteiger partial charge < -0.3 is 14.4 Å². The number of nitrogens with one attached hydrogen (secondary N) is 1. The molecule has 0 bridgehead atoms. The minimum absolute atomic E-state index is 0.0490. The van der Waals surface area contributed by atoms with Gasteiger partial charge in [-0.2, -0.15) is 8.78 Å². The van der Waals surface area contributed by atoms with Crippen LogP contribution in [0.15, 0.2) is 54.6 Å². The lowest BCUT2D eigenvalue weighted by Gasteiger charge is -2.43. The van der Waals surface area contributed by atoms with Crippen molar-refractivity contribution < 1.29 is 31.5 Å². The zero-order chi connectivity index (χ0) is 24.1. The van der Waals surface area contributed by atoms with Crippen LogP contribution in [-0.2, 0) is 20.4 Å². The number of carbonyl (C=O) groups excluding carboxylic acids is 1. The molecule has 1 aliphatic heterocycles. The Hall–Kier alpha value is -2.72. The lowest BCUT2D eigenvalue weighted by atomic mass is 9.84. The minimum atomic E-state index is -3.30. The molecule has 3 rings (SSSR count). The number of amides is 1. The molecule has 0 unspecified atom stereocenters. The van der Waals surface area contributed by atoms with E-state index in [1.54, 1.807) is 17.0 Å². The van der Waals surface area contributed by atoms with Crippen LogP contribution in [0.3, 0.4) is 0 Å². The zero-order valence-electron chi connectivity index (χ0n) is 18.5. The molecule has 1 aliphatic rings. The first-order chi connectivity index (χ1) is 15.6. The van der Waals surface area contributed by atoms with Gasteiger partial charge in [0.15, 0.2) is 0 Å². The Balaban J connectivity index is 1.72. The van der Waals surface area contributed by atoms with Crippen LogP contribution in [0.25, 0.3) is 0 Å². The third kappa shape index (κ3) is 6.64. The number of ether oxygens (including phenoxy) is 2. The number of alkyl halides is 2. The third-order valence-electron chi connectivity index (χ3n) is 5.75. The van der Waals surface area contributed by atoms with Gasteiger partial charge in [-0.1, -0.05) is 42.5 Å². The first-order valence-corrected chi connectivity index (χ1v) is 12.5. The van der Waals surface area contributed by atoms with Crippen molar-refractivity contribution in [2.24, 2.45) is 0 Å². The van der Waals surface area contributed by atoms with Crippen LogP contribution >= 0.6 is 0 Å². The van der Waals surface area contributed by atoms with Crippen molar-refractivity contribution in [3.63, 3.8) is 0 Å². The Kier molecular flexibility index (Phi) is 7.91. The molecule has 0 saturated carbocycles. The largest absolute Gasteiger partial charge is 0.438 e. The summed E-state index contributed by atoms with van der Waals surface area (Å²) < 4.78 is 60.3. The summed E-state index contributed by atoms with van der Waals surface area (Å²) in [7, 11) is -3.30. The second-order valence-corrected chi connectivity index (χ2v) is 9.90. The Morgan fingerprint density at radius 2 is 1.82 bits per heavy atom. The summed E-state index contributed by atoms with van der Waals surface area (Å²) in [5, 5.41) is 0. The smallest absolute Gasteiger partial charge is 0.411 e. The molecule has 33 heavy (non-hydrogen) atoms.